The quantitative estimate of drug-likeness (QED) is 0.266. The van der Waals surface area contributed by atoms with Gasteiger partial charge in [-0.3, -0.25) is 4.90 Å². The fourth-order valence-electron chi connectivity index (χ4n) is 5.04. The fourth-order valence-corrected chi connectivity index (χ4v) is 6.28. The molecule has 2 N–H and O–H groups in total. The molecule has 5 rings (SSSR count). The van der Waals surface area contributed by atoms with Crippen LogP contribution in [0.3, 0.4) is 0 Å². The molecule has 40 heavy (non-hydrogen) atoms. The van der Waals surface area contributed by atoms with E-state index in [2.05, 4.69) is 64.9 Å². The average Bonchev–Trinajstić information content (AvgIpc) is 2.97. The molecule has 8 heteroatoms. The van der Waals surface area contributed by atoms with Gasteiger partial charge in [0, 0.05) is 60.1 Å². The summed E-state index contributed by atoms with van der Waals surface area (Å²) in [4.78, 5) is 10.1. The molecular weight excluding hydrogens is 540 g/mol. The highest BCUT2D eigenvalue weighted by molar-refractivity contribution is 7.99. The van der Waals surface area contributed by atoms with Crippen LogP contribution in [0, 0.1) is 5.92 Å². The maximum absolute atomic E-state index is 6.38. The number of hydrogen-bond acceptors (Lipinski definition) is 7. The molecule has 214 valence electrons. The van der Waals surface area contributed by atoms with Gasteiger partial charge in [-0.1, -0.05) is 49.3 Å². The summed E-state index contributed by atoms with van der Waals surface area (Å²) in [5, 5.41) is 0.789. The molecule has 0 bridgehead atoms. The van der Waals surface area contributed by atoms with Gasteiger partial charge in [-0.2, -0.15) is 0 Å². The Morgan fingerprint density at radius 2 is 1.45 bits per heavy atom. The third-order valence-electron chi connectivity index (χ3n) is 7.71. The molecule has 2 aliphatic rings. The van der Waals surface area contributed by atoms with Crippen molar-refractivity contribution in [3.8, 4) is 11.5 Å². The molecule has 1 saturated heterocycles. The van der Waals surface area contributed by atoms with Gasteiger partial charge < -0.3 is 25.0 Å². The van der Waals surface area contributed by atoms with Crippen molar-refractivity contribution >= 4 is 34.7 Å². The second-order valence-electron chi connectivity index (χ2n) is 10.9. The van der Waals surface area contributed by atoms with Gasteiger partial charge >= 0.3 is 0 Å². The fraction of sp³-hybridized carbons (Fsp3) is 0.438. The van der Waals surface area contributed by atoms with Gasteiger partial charge in [0.1, 0.15) is 24.7 Å². The van der Waals surface area contributed by atoms with E-state index in [1.807, 2.05) is 42.1 Å². The summed E-state index contributed by atoms with van der Waals surface area (Å²) >= 11 is 8.21. The topological polar surface area (TPSA) is 54.2 Å². The Labute approximate surface area is 248 Å². The summed E-state index contributed by atoms with van der Waals surface area (Å²) < 4.78 is 11.8. The zero-order valence-electron chi connectivity index (χ0n) is 23.6. The molecule has 0 aliphatic carbocycles. The first kappa shape index (κ1) is 29.1. The standard InChI is InChI=1S/C32H41ClN4O2S/c1-24(2)28(34)23-39-27-11-9-26(10-12-27)38-21-20-36-18-16-35(17-19-36)14-5-15-37-29-6-3-4-7-31(29)40-32-13-8-25(33)22-30(32)37/h3-4,6-13,22,24,28H,5,14-21,23,34H2,1-2H3. The van der Waals surface area contributed by atoms with Crippen LogP contribution < -0.4 is 20.1 Å². The molecule has 1 fully saturated rings. The van der Waals surface area contributed by atoms with Crippen LogP contribution in [0.1, 0.15) is 20.3 Å². The van der Waals surface area contributed by atoms with Gasteiger partial charge in [-0.15, -0.1) is 0 Å². The summed E-state index contributed by atoms with van der Waals surface area (Å²) in [6.07, 6.45) is 1.11. The van der Waals surface area contributed by atoms with Crippen LogP contribution in [0.2, 0.25) is 5.02 Å². The van der Waals surface area contributed by atoms with Crippen LogP contribution in [0.25, 0.3) is 0 Å². The van der Waals surface area contributed by atoms with Gasteiger partial charge in [0.25, 0.3) is 0 Å². The molecule has 0 radical (unpaired) electrons. The molecule has 1 atom stereocenters. The van der Waals surface area contributed by atoms with Crippen LogP contribution in [0.4, 0.5) is 11.4 Å². The van der Waals surface area contributed by atoms with Crippen LogP contribution in [-0.4, -0.2) is 74.9 Å². The van der Waals surface area contributed by atoms with E-state index in [0.29, 0.717) is 19.1 Å². The smallest absolute Gasteiger partial charge is 0.119 e. The number of halogens is 1. The maximum Gasteiger partial charge on any atom is 0.119 e. The maximum atomic E-state index is 6.38. The van der Waals surface area contributed by atoms with E-state index in [-0.39, 0.29) is 6.04 Å². The molecule has 0 saturated carbocycles. The van der Waals surface area contributed by atoms with Crippen molar-refractivity contribution in [2.75, 3.05) is 63.9 Å². The summed E-state index contributed by atoms with van der Waals surface area (Å²) in [7, 11) is 0. The van der Waals surface area contributed by atoms with Gasteiger partial charge in [0.2, 0.25) is 0 Å². The number of fused-ring (bicyclic) bond motifs is 2. The van der Waals surface area contributed by atoms with Gasteiger partial charge in [-0.25, -0.2) is 0 Å². The highest BCUT2D eigenvalue weighted by Gasteiger charge is 2.24. The lowest BCUT2D eigenvalue weighted by Gasteiger charge is -2.36. The van der Waals surface area contributed by atoms with Crippen molar-refractivity contribution in [1.82, 2.24) is 9.80 Å². The van der Waals surface area contributed by atoms with E-state index >= 15 is 0 Å². The highest BCUT2D eigenvalue weighted by atomic mass is 35.5. The Morgan fingerprint density at radius 1 is 0.800 bits per heavy atom. The van der Waals surface area contributed by atoms with Gasteiger partial charge in [0.05, 0.1) is 11.4 Å². The molecule has 0 aromatic heterocycles. The summed E-state index contributed by atoms with van der Waals surface area (Å²) in [5.74, 6) is 2.11. The molecular formula is C32H41ClN4O2S. The minimum Gasteiger partial charge on any atom is -0.492 e. The Hall–Kier alpha value is -2.42. The lowest BCUT2D eigenvalue weighted by atomic mass is 10.1. The van der Waals surface area contributed by atoms with E-state index in [4.69, 9.17) is 26.8 Å². The number of rotatable bonds is 12. The first-order valence-electron chi connectivity index (χ1n) is 14.4. The van der Waals surface area contributed by atoms with Crippen LogP contribution in [-0.2, 0) is 0 Å². The normalized spacial score (nSPS) is 16.5. The lowest BCUT2D eigenvalue weighted by Crippen LogP contribution is -2.47. The van der Waals surface area contributed by atoms with Crippen molar-refractivity contribution in [3.63, 3.8) is 0 Å². The number of para-hydroxylation sites is 1. The molecule has 0 spiro atoms. The second-order valence-corrected chi connectivity index (χ2v) is 12.4. The third-order valence-corrected chi connectivity index (χ3v) is 9.07. The number of ether oxygens (including phenoxy) is 2. The van der Waals surface area contributed by atoms with E-state index < -0.39 is 0 Å². The van der Waals surface area contributed by atoms with E-state index in [9.17, 15) is 0 Å². The third kappa shape index (κ3) is 7.65. The summed E-state index contributed by atoms with van der Waals surface area (Å²) in [6, 6.07) is 22.8. The van der Waals surface area contributed by atoms with Crippen molar-refractivity contribution in [3.05, 3.63) is 71.8 Å². The zero-order chi connectivity index (χ0) is 27.9. The van der Waals surface area contributed by atoms with Crippen LogP contribution >= 0.6 is 23.4 Å². The molecule has 2 aliphatic heterocycles. The van der Waals surface area contributed by atoms with Crippen molar-refractivity contribution in [1.29, 1.82) is 0 Å². The Bertz CT molecular complexity index is 1230. The van der Waals surface area contributed by atoms with Crippen LogP contribution in [0.5, 0.6) is 11.5 Å². The van der Waals surface area contributed by atoms with Crippen LogP contribution in [0.15, 0.2) is 76.5 Å². The Kier molecular flexibility index (Phi) is 10.2. The largest absolute Gasteiger partial charge is 0.492 e. The number of nitrogens with zero attached hydrogens (tertiary/aromatic N) is 3. The van der Waals surface area contributed by atoms with Gasteiger partial charge in [-0.05, 0) is 73.5 Å². The molecule has 3 aromatic rings. The number of piperazine rings is 1. The number of anilines is 2. The predicted molar refractivity (Wildman–Crippen MR) is 167 cm³/mol. The first-order valence-corrected chi connectivity index (χ1v) is 15.6. The highest BCUT2D eigenvalue weighted by Crippen LogP contribution is 2.48. The summed E-state index contributed by atoms with van der Waals surface area (Å²) in [6.45, 7) is 12.8. The molecule has 0 amide bonds. The van der Waals surface area contributed by atoms with Crippen molar-refractivity contribution < 1.29 is 9.47 Å². The second kappa shape index (κ2) is 14.0. The first-order chi connectivity index (χ1) is 19.5. The lowest BCUT2D eigenvalue weighted by molar-refractivity contribution is 0.116. The Morgan fingerprint density at radius 3 is 2.17 bits per heavy atom. The van der Waals surface area contributed by atoms with E-state index in [1.165, 1.54) is 21.2 Å². The van der Waals surface area contributed by atoms with E-state index in [1.54, 1.807) is 0 Å². The predicted octanol–water partition coefficient (Wildman–Crippen LogP) is 6.39. The summed E-state index contributed by atoms with van der Waals surface area (Å²) in [5.41, 5.74) is 8.57. The number of benzene rings is 3. The molecule has 3 aromatic carbocycles. The average molecular weight is 581 g/mol. The minimum absolute atomic E-state index is 0.0415. The van der Waals surface area contributed by atoms with Crippen molar-refractivity contribution in [2.24, 2.45) is 11.7 Å². The van der Waals surface area contributed by atoms with E-state index in [0.717, 1.165) is 68.8 Å². The van der Waals surface area contributed by atoms with Crippen molar-refractivity contribution in [2.45, 2.75) is 36.1 Å². The van der Waals surface area contributed by atoms with Gasteiger partial charge in [0.15, 0.2) is 0 Å². The monoisotopic (exact) mass is 580 g/mol. The number of nitrogens with two attached hydrogens (primary N) is 1. The molecule has 1 unspecified atom stereocenters. The molecule has 2 heterocycles. The Balaban J connectivity index is 1.02. The molecule has 6 nitrogen and oxygen atoms in total. The zero-order valence-corrected chi connectivity index (χ0v) is 25.2. The minimum atomic E-state index is 0.0415. The number of hydrogen-bond donors (Lipinski definition) is 1. The SMILES string of the molecule is CC(C)C(N)COc1ccc(OCCN2CCN(CCCN3c4ccccc4Sc4ccc(Cl)cc43)CC2)cc1.